The third-order valence-corrected chi connectivity index (χ3v) is 3.47. The Balaban J connectivity index is 4.22. The van der Waals surface area contributed by atoms with E-state index in [1.807, 2.05) is 0 Å². The molecule has 3 unspecified atom stereocenters. The molecule has 20 heavy (non-hydrogen) atoms. The molecule has 0 aliphatic heterocycles. The number of ketones is 1. The van der Waals surface area contributed by atoms with E-state index < -0.39 is 6.10 Å². The molecule has 0 bridgehead atoms. The monoisotopic (exact) mass is 284 g/mol. The second-order valence-electron chi connectivity index (χ2n) is 9.16. The maximum atomic E-state index is 12.1. The summed E-state index contributed by atoms with van der Waals surface area (Å²) in [6.07, 6.45) is 2.37. The van der Waals surface area contributed by atoms with E-state index in [2.05, 4.69) is 55.4 Å². The molecule has 0 saturated heterocycles. The van der Waals surface area contributed by atoms with Crippen molar-refractivity contribution >= 4 is 5.78 Å². The molecule has 1 N–H and O–H groups in total. The Morgan fingerprint density at radius 1 is 0.900 bits per heavy atom. The summed E-state index contributed by atoms with van der Waals surface area (Å²) in [6, 6.07) is 0. The number of carbonyl (C=O) groups is 1. The zero-order valence-electron chi connectivity index (χ0n) is 14.9. The van der Waals surface area contributed by atoms with E-state index >= 15 is 0 Å². The van der Waals surface area contributed by atoms with Crippen LogP contribution in [0.5, 0.6) is 0 Å². The predicted molar refractivity (Wildman–Crippen MR) is 86.7 cm³/mol. The molecule has 0 aliphatic rings. The first kappa shape index (κ1) is 19.6. The smallest absolute Gasteiger partial charge is 0.161 e. The van der Waals surface area contributed by atoms with E-state index in [1.54, 1.807) is 0 Å². The Hall–Kier alpha value is -0.370. The van der Waals surface area contributed by atoms with Crippen LogP contribution in [0.3, 0.4) is 0 Å². The Labute approximate surface area is 126 Å². The lowest BCUT2D eigenvalue weighted by molar-refractivity contribution is -0.129. The first-order valence-electron chi connectivity index (χ1n) is 8.01. The van der Waals surface area contributed by atoms with Gasteiger partial charge in [-0.3, -0.25) is 4.79 Å². The third-order valence-electron chi connectivity index (χ3n) is 3.47. The minimum Gasteiger partial charge on any atom is -0.385 e. The van der Waals surface area contributed by atoms with Crippen molar-refractivity contribution in [3.63, 3.8) is 0 Å². The lowest BCUT2D eigenvalue weighted by Crippen LogP contribution is -2.26. The molecule has 2 heteroatoms. The zero-order valence-corrected chi connectivity index (χ0v) is 14.9. The first-order valence-corrected chi connectivity index (χ1v) is 8.01. The summed E-state index contributed by atoms with van der Waals surface area (Å²) in [5.41, 5.74) is 0.492. The lowest BCUT2D eigenvalue weighted by atomic mass is 9.81. The SMILES string of the molecule is CC(CC(=O)C(O)CC(C)CC(C)(C)C)CC(C)(C)C. The second kappa shape index (κ2) is 7.59. The molecule has 0 aromatic rings. The molecule has 0 aromatic heterocycles. The lowest BCUT2D eigenvalue weighted by Gasteiger charge is -2.26. The molecule has 120 valence electrons. The van der Waals surface area contributed by atoms with Crippen LogP contribution >= 0.6 is 0 Å². The molecule has 2 nitrogen and oxygen atoms in total. The van der Waals surface area contributed by atoms with Gasteiger partial charge in [-0.1, -0.05) is 55.4 Å². The van der Waals surface area contributed by atoms with Crippen LogP contribution in [-0.4, -0.2) is 17.0 Å². The molecule has 0 saturated carbocycles. The number of carbonyl (C=O) groups excluding carboxylic acids is 1. The summed E-state index contributed by atoms with van der Waals surface area (Å²) in [7, 11) is 0. The highest BCUT2D eigenvalue weighted by Gasteiger charge is 2.24. The fraction of sp³-hybridized carbons (Fsp3) is 0.944. The van der Waals surface area contributed by atoms with Gasteiger partial charge < -0.3 is 5.11 Å². The molecular formula is C18H36O2. The number of rotatable bonds is 7. The van der Waals surface area contributed by atoms with Gasteiger partial charge in [-0.2, -0.15) is 0 Å². The number of aliphatic hydroxyl groups is 1. The van der Waals surface area contributed by atoms with Gasteiger partial charge in [-0.15, -0.1) is 0 Å². The highest BCUT2D eigenvalue weighted by atomic mass is 16.3. The largest absolute Gasteiger partial charge is 0.385 e. The fourth-order valence-corrected chi connectivity index (χ4v) is 3.24. The minimum absolute atomic E-state index is 0.0162. The van der Waals surface area contributed by atoms with Gasteiger partial charge in [-0.05, 0) is 41.9 Å². The summed E-state index contributed by atoms with van der Waals surface area (Å²) in [6.45, 7) is 17.4. The van der Waals surface area contributed by atoms with Crippen molar-refractivity contribution in [1.29, 1.82) is 0 Å². The van der Waals surface area contributed by atoms with Crippen molar-refractivity contribution in [2.75, 3.05) is 0 Å². The summed E-state index contributed by atoms with van der Waals surface area (Å²) in [5.74, 6) is 0.740. The van der Waals surface area contributed by atoms with Gasteiger partial charge >= 0.3 is 0 Å². The van der Waals surface area contributed by atoms with Gasteiger partial charge in [0.1, 0.15) is 6.10 Å². The van der Waals surface area contributed by atoms with E-state index in [9.17, 15) is 9.90 Å². The average Bonchev–Trinajstić information content (AvgIpc) is 2.10. The van der Waals surface area contributed by atoms with Crippen LogP contribution < -0.4 is 0 Å². The van der Waals surface area contributed by atoms with Gasteiger partial charge in [0.2, 0.25) is 0 Å². The molecule has 0 radical (unpaired) electrons. The average molecular weight is 284 g/mol. The maximum Gasteiger partial charge on any atom is 0.161 e. The molecule has 0 amide bonds. The van der Waals surface area contributed by atoms with Crippen molar-refractivity contribution in [2.24, 2.45) is 22.7 Å². The van der Waals surface area contributed by atoms with Crippen molar-refractivity contribution in [1.82, 2.24) is 0 Å². The van der Waals surface area contributed by atoms with Crippen molar-refractivity contribution in [2.45, 2.75) is 87.2 Å². The zero-order chi connectivity index (χ0) is 16.1. The second-order valence-corrected chi connectivity index (χ2v) is 9.16. The Bertz CT molecular complexity index is 294. The van der Waals surface area contributed by atoms with Crippen LogP contribution in [0.1, 0.15) is 81.1 Å². The maximum absolute atomic E-state index is 12.1. The van der Waals surface area contributed by atoms with Gasteiger partial charge in [0.05, 0.1) is 0 Å². The number of hydrogen-bond donors (Lipinski definition) is 1. The normalized spacial score (nSPS) is 17.6. The predicted octanol–water partition coefficient (Wildman–Crippen LogP) is 4.84. The molecule has 0 spiro atoms. The van der Waals surface area contributed by atoms with Gasteiger partial charge in [0, 0.05) is 6.42 Å². The summed E-state index contributed by atoms with van der Waals surface area (Å²) in [4.78, 5) is 12.1. The molecular weight excluding hydrogens is 248 g/mol. The van der Waals surface area contributed by atoms with Crippen LogP contribution in [-0.2, 0) is 4.79 Å². The summed E-state index contributed by atoms with van der Waals surface area (Å²) < 4.78 is 0. The van der Waals surface area contributed by atoms with E-state index in [4.69, 9.17) is 0 Å². The highest BCUT2D eigenvalue weighted by Crippen LogP contribution is 2.29. The molecule has 0 rings (SSSR count). The Morgan fingerprint density at radius 2 is 1.30 bits per heavy atom. The number of aliphatic hydroxyl groups excluding tert-OH is 1. The highest BCUT2D eigenvalue weighted by molar-refractivity contribution is 5.82. The molecule has 0 heterocycles. The summed E-state index contributed by atoms with van der Waals surface area (Å²) in [5, 5.41) is 10.1. The van der Waals surface area contributed by atoms with E-state index in [0.29, 0.717) is 24.7 Å². The van der Waals surface area contributed by atoms with Crippen LogP contribution in [0.2, 0.25) is 0 Å². The quantitative estimate of drug-likeness (QED) is 0.726. The van der Waals surface area contributed by atoms with Crippen molar-refractivity contribution in [3.05, 3.63) is 0 Å². The van der Waals surface area contributed by atoms with E-state index in [1.165, 1.54) is 0 Å². The van der Waals surface area contributed by atoms with Crippen LogP contribution in [0.25, 0.3) is 0 Å². The van der Waals surface area contributed by atoms with Gasteiger partial charge in [-0.25, -0.2) is 0 Å². The Kier molecular flexibility index (Phi) is 7.44. The molecule has 0 aromatic carbocycles. The fourth-order valence-electron chi connectivity index (χ4n) is 3.24. The topological polar surface area (TPSA) is 37.3 Å². The molecule has 3 atom stereocenters. The van der Waals surface area contributed by atoms with E-state index in [-0.39, 0.29) is 16.6 Å². The Morgan fingerprint density at radius 3 is 1.70 bits per heavy atom. The van der Waals surface area contributed by atoms with E-state index in [0.717, 1.165) is 12.8 Å². The molecule has 0 fully saturated rings. The number of Topliss-reactive ketones (excluding diaryl/α,β-unsaturated/α-hetero) is 1. The van der Waals surface area contributed by atoms with Gasteiger partial charge in [0.15, 0.2) is 5.78 Å². The molecule has 0 aliphatic carbocycles. The van der Waals surface area contributed by atoms with Crippen LogP contribution in [0.4, 0.5) is 0 Å². The van der Waals surface area contributed by atoms with Crippen LogP contribution in [0, 0.1) is 22.7 Å². The van der Waals surface area contributed by atoms with Crippen molar-refractivity contribution < 1.29 is 9.90 Å². The first-order chi connectivity index (χ1) is 8.80. The standard InChI is InChI=1S/C18H36O2/c1-13(11-17(3,4)5)9-15(19)16(20)10-14(2)12-18(6,7)8/h13-15,19H,9-12H2,1-8H3. The van der Waals surface area contributed by atoms with Gasteiger partial charge in [0.25, 0.3) is 0 Å². The third kappa shape index (κ3) is 10.4. The minimum atomic E-state index is -0.783. The number of hydrogen-bond acceptors (Lipinski definition) is 2. The van der Waals surface area contributed by atoms with Crippen LogP contribution in [0.15, 0.2) is 0 Å². The summed E-state index contributed by atoms with van der Waals surface area (Å²) >= 11 is 0. The van der Waals surface area contributed by atoms with Crippen molar-refractivity contribution in [3.8, 4) is 0 Å².